The van der Waals surface area contributed by atoms with Crippen LogP contribution in [0.15, 0.2) is 59.5 Å². The zero-order chi connectivity index (χ0) is 20.4. The lowest BCUT2D eigenvalue weighted by atomic mass is 10.1. The molecule has 7 nitrogen and oxygen atoms in total. The van der Waals surface area contributed by atoms with Crippen LogP contribution < -0.4 is 10.1 Å². The summed E-state index contributed by atoms with van der Waals surface area (Å²) in [5.41, 5.74) is 1.28. The molecule has 0 aliphatic heterocycles. The zero-order valence-corrected chi connectivity index (χ0v) is 17.1. The van der Waals surface area contributed by atoms with Crippen LogP contribution in [0.3, 0.4) is 0 Å². The number of thiazole rings is 1. The smallest absolute Gasteiger partial charge is 0.271 e. The molecule has 0 saturated carbocycles. The molecule has 1 aromatic carbocycles. The van der Waals surface area contributed by atoms with E-state index in [1.165, 1.54) is 11.3 Å². The van der Waals surface area contributed by atoms with Crippen LogP contribution in [0.2, 0.25) is 0 Å². The molecular formula is C21H20N4O3S. The highest BCUT2D eigenvalue weighted by atomic mass is 32.1. The van der Waals surface area contributed by atoms with E-state index in [0.29, 0.717) is 16.5 Å². The van der Waals surface area contributed by atoms with Gasteiger partial charge >= 0.3 is 0 Å². The van der Waals surface area contributed by atoms with E-state index in [2.05, 4.69) is 15.3 Å². The minimum absolute atomic E-state index is 0.264. The summed E-state index contributed by atoms with van der Waals surface area (Å²) >= 11 is 1.43. The van der Waals surface area contributed by atoms with Crippen molar-refractivity contribution in [1.29, 1.82) is 0 Å². The Balaban J connectivity index is 1.66. The normalized spacial score (nSPS) is 12.0. The van der Waals surface area contributed by atoms with Gasteiger partial charge in [0.25, 0.3) is 5.91 Å². The fourth-order valence-electron chi connectivity index (χ4n) is 3.06. The van der Waals surface area contributed by atoms with Crippen LogP contribution in [0, 0.1) is 6.92 Å². The number of carbonyl (C=O) groups excluding carboxylic acids is 1. The first-order valence-electron chi connectivity index (χ1n) is 9.00. The monoisotopic (exact) mass is 408 g/mol. The second kappa shape index (κ2) is 7.92. The van der Waals surface area contributed by atoms with Gasteiger partial charge in [0.2, 0.25) is 0 Å². The topological polar surface area (TPSA) is 82.2 Å². The molecule has 0 saturated heterocycles. The molecular weight excluding hydrogens is 388 g/mol. The molecule has 29 heavy (non-hydrogen) atoms. The number of ether oxygens (including phenoxy) is 1. The van der Waals surface area contributed by atoms with E-state index in [4.69, 9.17) is 9.15 Å². The van der Waals surface area contributed by atoms with Gasteiger partial charge in [-0.2, -0.15) is 0 Å². The van der Waals surface area contributed by atoms with Gasteiger partial charge in [-0.15, -0.1) is 11.3 Å². The maximum atomic E-state index is 13.1. The van der Waals surface area contributed by atoms with Gasteiger partial charge in [-0.3, -0.25) is 4.79 Å². The van der Waals surface area contributed by atoms with Crippen molar-refractivity contribution in [3.05, 3.63) is 77.0 Å². The summed E-state index contributed by atoms with van der Waals surface area (Å²) in [5, 5.41) is 3.76. The molecule has 1 N–H and O–H groups in total. The maximum Gasteiger partial charge on any atom is 0.271 e. The van der Waals surface area contributed by atoms with Gasteiger partial charge in [0, 0.05) is 24.3 Å². The lowest BCUT2D eigenvalue weighted by Crippen LogP contribution is -2.31. The Hall–Kier alpha value is -3.39. The maximum absolute atomic E-state index is 13.1. The number of amides is 1. The molecule has 0 aliphatic carbocycles. The van der Waals surface area contributed by atoms with Crippen LogP contribution in [-0.4, -0.2) is 27.6 Å². The molecule has 4 rings (SSSR count). The molecule has 0 fully saturated rings. The molecule has 8 heteroatoms. The number of carbonyl (C=O) groups is 1. The van der Waals surface area contributed by atoms with Crippen LogP contribution in [0.5, 0.6) is 5.75 Å². The van der Waals surface area contributed by atoms with Crippen LogP contribution in [0.25, 0.3) is 10.8 Å². The van der Waals surface area contributed by atoms with E-state index in [9.17, 15) is 4.79 Å². The number of furan rings is 1. The largest absolute Gasteiger partial charge is 0.497 e. The number of benzene rings is 1. The number of methoxy groups -OCH3 is 1. The molecule has 148 valence electrons. The summed E-state index contributed by atoms with van der Waals surface area (Å²) in [6.07, 6.45) is 5.15. The van der Waals surface area contributed by atoms with Crippen molar-refractivity contribution in [2.24, 2.45) is 7.05 Å². The van der Waals surface area contributed by atoms with E-state index in [0.717, 1.165) is 22.0 Å². The third-order valence-electron chi connectivity index (χ3n) is 4.58. The average Bonchev–Trinajstić information content (AvgIpc) is 3.47. The van der Waals surface area contributed by atoms with Crippen molar-refractivity contribution in [1.82, 2.24) is 19.9 Å². The van der Waals surface area contributed by atoms with Gasteiger partial charge in [0.1, 0.15) is 23.3 Å². The SMILES string of the molecule is COc1ccc([C@H](NC(=O)c2nc(-c3ccco3)sc2C)c2nccn2C)cc1. The Morgan fingerprint density at radius 3 is 2.69 bits per heavy atom. The second-order valence-corrected chi connectivity index (χ2v) is 7.68. The number of nitrogens with zero attached hydrogens (tertiary/aromatic N) is 3. The van der Waals surface area contributed by atoms with Gasteiger partial charge < -0.3 is 19.0 Å². The Labute approximate surface area is 172 Å². The molecule has 0 radical (unpaired) electrons. The van der Waals surface area contributed by atoms with Gasteiger partial charge in [0.05, 0.1) is 13.4 Å². The van der Waals surface area contributed by atoms with Gasteiger partial charge in [-0.1, -0.05) is 12.1 Å². The van der Waals surface area contributed by atoms with E-state index in [1.807, 2.05) is 55.1 Å². The quantitative estimate of drug-likeness (QED) is 0.522. The number of hydrogen-bond acceptors (Lipinski definition) is 6. The lowest BCUT2D eigenvalue weighted by Gasteiger charge is -2.19. The first-order chi connectivity index (χ1) is 14.1. The van der Waals surface area contributed by atoms with Crippen LogP contribution in [-0.2, 0) is 7.05 Å². The fraction of sp³-hybridized carbons (Fsp3) is 0.190. The number of aromatic nitrogens is 3. The molecule has 1 atom stereocenters. The molecule has 3 aromatic heterocycles. The van der Waals surface area contributed by atoms with Gasteiger partial charge in [0.15, 0.2) is 10.8 Å². The molecule has 3 heterocycles. The standard InChI is InChI=1S/C21H20N4O3S/c1-13-17(24-21(29-13)16-5-4-12-28-16)20(26)23-18(19-22-10-11-25(19)2)14-6-8-15(27-3)9-7-14/h4-12,18H,1-3H3,(H,23,26)/t18-/m0/s1. The van der Waals surface area contributed by atoms with E-state index in [1.54, 1.807) is 25.6 Å². The Morgan fingerprint density at radius 1 is 1.28 bits per heavy atom. The molecule has 0 spiro atoms. The highest BCUT2D eigenvalue weighted by molar-refractivity contribution is 7.15. The number of nitrogens with one attached hydrogen (secondary N) is 1. The first kappa shape index (κ1) is 18.9. The van der Waals surface area contributed by atoms with Crippen molar-refractivity contribution < 1.29 is 13.9 Å². The average molecular weight is 408 g/mol. The second-order valence-electron chi connectivity index (χ2n) is 6.48. The van der Waals surface area contributed by atoms with Gasteiger partial charge in [-0.25, -0.2) is 9.97 Å². The summed E-state index contributed by atoms with van der Waals surface area (Å²) in [6, 6.07) is 10.8. The van der Waals surface area contributed by atoms with Crippen molar-refractivity contribution >= 4 is 17.2 Å². The Bertz CT molecular complexity index is 1110. The molecule has 0 bridgehead atoms. The summed E-state index contributed by atoms with van der Waals surface area (Å²) in [5.74, 6) is 1.85. The van der Waals surface area contributed by atoms with Crippen molar-refractivity contribution in [2.45, 2.75) is 13.0 Å². The third-order valence-corrected chi connectivity index (χ3v) is 5.57. The Kier molecular flexibility index (Phi) is 5.18. The zero-order valence-electron chi connectivity index (χ0n) is 16.2. The minimum atomic E-state index is -0.429. The van der Waals surface area contributed by atoms with E-state index >= 15 is 0 Å². The summed E-state index contributed by atoms with van der Waals surface area (Å²) < 4.78 is 12.5. The molecule has 0 unspecified atom stereocenters. The highest BCUT2D eigenvalue weighted by Gasteiger charge is 2.24. The summed E-state index contributed by atoms with van der Waals surface area (Å²) in [7, 11) is 3.52. The van der Waals surface area contributed by atoms with E-state index < -0.39 is 6.04 Å². The third kappa shape index (κ3) is 3.79. The first-order valence-corrected chi connectivity index (χ1v) is 9.82. The number of rotatable bonds is 6. The van der Waals surface area contributed by atoms with Crippen molar-refractivity contribution in [3.8, 4) is 16.5 Å². The van der Waals surface area contributed by atoms with Crippen LogP contribution in [0.1, 0.15) is 32.8 Å². The predicted octanol–water partition coefficient (Wildman–Crippen LogP) is 3.97. The predicted molar refractivity (Wildman–Crippen MR) is 110 cm³/mol. The number of hydrogen-bond donors (Lipinski definition) is 1. The van der Waals surface area contributed by atoms with Crippen LogP contribution >= 0.6 is 11.3 Å². The number of imidazole rings is 1. The fourth-order valence-corrected chi connectivity index (χ4v) is 3.94. The van der Waals surface area contributed by atoms with Gasteiger partial charge in [-0.05, 0) is 36.8 Å². The van der Waals surface area contributed by atoms with Crippen molar-refractivity contribution in [2.75, 3.05) is 7.11 Å². The molecule has 0 aliphatic rings. The highest BCUT2D eigenvalue weighted by Crippen LogP contribution is 2.29. The van der Waals surface area contributed by atoms with Crippen molar-refractivity contribution in [3.63, 3.8) is 0 Å². The number of aryl methyl sites for hydroxylation is 2. The molecule has 4 aromatic rings. The molecule has 1 amide bonds. The Morgan fingerprint density at radius 2 is 2.07 bits per heavy atom. The minimum Gasteiger partial charge on any atom is -0.497 e. The summed E-state index contributed by atoms with van der Waals surface area (Å²) in [4.78, 5) is 22.9. The lowest BCUT2D eigenvalue weighted by molar-refractivity contribution is 0.0936. The van der Waals surface area contributed by atoms with E-state index in [-0.39, 0.29) is 5.91 Å². The summed E-state index contributed by atoms with van der Waals surface area (Å²) in [6.45, 7) is 1.88. The van der Waals surface area contributed by atoms with Crippen LogP contribution in [0.4, 0.5) is 0 Å².